The van der Waals surface area contributed by atoms with Crippen LogP contribution in [0.2, 0.25) is 0 Å². The average Bonchev–Trinajstić information content (AvgIpc) is 2.29. The second kappa shape index (κ2) is 4.44. The molecule has 0 heterocycles. The lowest BCUT2D eigenvalue weighted by molar-refractivity contribution is 0.293. The van der Waals surface area contributed by atoms with Crippen LogP contribution in [-0.2, 0) is 5.41 Å². The second-order valence-corrected chi connectivity index (χ2v) is 5.03. The Morgan fingerprint density at radius 1 is 1.18 bits per heavy atom. The maximum Gasteiger partial charge on any atom is 0.126 e. The van der Waals surface area contributed by atoms with E-state index < -0.39 is 17.0 Å². The molecule has 0 radical (unpaired) electrons. The van der Waals surface area contributed by atoms with E-state index in [4.69, 9.17) is 0 Å². The van der Waals surface area contributed by atoms with E-state index in [9.17, 15) is 14.0 Å². The molecule has 0 N–H and O–H groups in total. The van der Waals surface area contributed by atoms with Crippen LogP contribution in [0.5, 0.6) is 0 Å². The Balaban J connectivity index is 2.38. The van der Waals surface area contributed by atoms with E-state index in [1.807, 2.05) is 0 Å². The van der Waals surface area contributed by atoms with Gasteiger partial charge >= 0.3 is 0 Å². The molecule has 0 aliphatic heterocycles. The maximum atomic E-state index is 13.2. The van der Waals surface area contributed by atoms with Crippen molar-refractivity contribution in [3.63, 3.8) is 0 Å². The third kappa shape index (κ3) is 2.31. The van der Waals surface area contributed by atoms with Crippen molar-refractivity contribution in [1.82, 2.24) is 0 Å². The number of hydrogen-bond donors (Lipinski definition) is 0. The molecule has 1 nitrogen and oxygen atoms in total. The first-order valence-corrected chi connectivity index (χ1v) is 5.93. The molecule has 0 aromatic heterocycles. The Morgan fingerprint density at radius 2 is 1.71 bits per heavy atom. The summed E-state index contributed by atoms with van der Waals surface area (Å²) in [5, 5.41) is 9.37. The minimum absolute atomic E-state index is 0.490. The zero-order valence-electron chi connectivity index (χ0n) is 9.84. The summed E-state index contributed by atoms with van der Waals surface area (Å²) >= 11 is 0. The maximum absolute atomic E-state index is 13.2. The highest BCUT2D eigenvalue weighted by atomic mass is 19.1. The molecule has 17 heavy (non-hydrogen) atoms. The summed E-state index contributed by atoms with van der Waals surface area (Å²) < 4.78 is 26.4. The molecule has 1 saturated carbocycles. The van der Waals surface area contributed by atoms with Crippen molar-refractivity contribution >= 4 is 0 Å². The number of rotatable bonds is 1. The van der Waals surface area contributed by atoms with E-state index in [0.29, 0.717) is 24.3 Å². The summed E-state index contributed by atoms with van der Waals surface area (Å²) in [5.74, 6) is -0.614. The van der Waals surface area contributed by atoms with Gasteiger partial charge in [-0.05, 0) is 49.3 Å². The van der Waals surface area contributed by atoms with E-state index in [1.165, 1.54) is 12.1 Å². The predicted molar refractivity (Wildman–Crippen MR) is 61.3 cm³/mol. The molecular formula is C14H15F2N. The van der Waals surface area contributed by atoms with Gasteiger partial charge in [0.1, 0.15) is 11.6 Å². The van der Waals surface area contributed by atoms with E-state index in [0.717, 1.165) is 18.9 Å². The van der Waals surface area contributed by atoms with Crippen molar-refractivity contribution in [3.8, 4) is 6.07 Å². The lowest BCUT2D eigenvalue weighted by Crippen LogP contribution is -2.29. The van der Waals surface area contributed by atoms with Crippen molar-refractivity contribution in [2.75, 3.05) is 0 Å². The molecule has 0 bridgehead atoms. The van der Waals surface area contributed by atoms with Gasteiger partial charge in [0.15, 0.2) is 0 Å². The van der Waals surface area contributed by atoms with Gasteiger partial charge in [-0.2, -0.15) is 5.26 Å². The molecule has 0 amide bonds. The average molecular weight is 235 g/mol. The lowest BCUT2D eigenvalue weighted by Gasteiger charge is -2.34. The molecule has 90 valence electrons. The van der Waals surface area contributed by atoms with Crippen LogP contribution in [0.15, 0.2) is 18.2 Å². The van der Waals surface area contributed by atoms with Crippen molar-refractivity contribution < 1.29 is 8.78 Å². The van der Waals surface area contributed by atoms with Crippen LogP contribution >= 0.6 is 0 Å². The fraction of sp³-hybridized carbons (Fsp3) is 0.500. The Morgan fingerprint density at radius 3 is 2.18 bits per heavy atom. The smallest absolute Gasteiger partial charge is 0.126 e. The molecular weight excluding hydrogens is 220 g/mol. The zero-order valence-corrected chi connectivity index (χ0v) is 9.84. The van der Waals surface area contributed by atoms with Crippen molar-refractivity contribution in [2.24, 2.45) is 5.92 Å². The van der Waals surface area contributed by atoms with Gasteiger partial charge in [-0.25, -0.2) is 8.78 Å². The van der Waals surface area contributed by atoms with E-state index in [1.54, 1.807) is 0 Å². The van der Waals surface area contributed by atoms with Crippen LogP contribution in [0.3, 0.4) is 0 Å². The quantitative estimate of drug-likeness (QED) is 0.723. The summed E-state index contributed by atoms with van der Waals surface area (Å²) in [7, 11) is 0. The Kier molecular flexibility index (Phi) is 3.15. The second-order valence-electron chi connectivity index (χ2n) is 5.03. The SMILES string of the molecule is CC1CCC(C#N)(c2cc(F)cc(F)c2)CC1. The molecule has 0 saturated heterocycles. The number of nitriles is 1. The van der Waals surface area contributed by atoms with Gasteiger partial charge in [-0.15, -0.1) is 0 Å². The van der Waals surface area contributed by atoms with E-state index in [-0.39, 0.29) is 0 Å². The number of benzene rings is 1. The highest BCUT2D eigenvalue weighted by Crippen LogP contribution is 2.41. The molecule has 1 aromatic carbocycles. The summed E-state index contributed by atoms with van der Waals surface area (Å²) in [6.45, 7) is 2.15. The molecule has 2 rings (SSSR count). The van der Waals surface area contributed by atoms with Gasteiger partial charge in [0, 0.05) is 6.07 Å². The molecule has 3 heteroatoms. The standard InChI is InChI=1S/C14H15F2N/c1-10-2-4-14(9-17,5-3-10)11-6-12(15)8-13(16)7-11/h6-8,10H,2-5H2,1H3. The summed E-state index contributed by atoms with van der Waals surface area (Å²) in [6.07, 6.45) is 3.25. The van der Waals surface area contributed by atoms with Crippen LogP contribution in [0.4, 0.5) is 8.78 Å². The summed E-state index contributed by atoms with van der Waals surface area (Å²) in [6, 6.07) is 5.71. The number of hydrogen-bond acceptors (Lipinski definition) is 1. The van der Waals surface area contributed by atoms with Gasteiger partial charge in [-0.1, -0.05) is 6.92 Å². The molecule has 0 atom stereocenters. The van der Waals surface area contributed by atoms with Crippen LogP contribution in [-0.4, -0.2) is 0 Å². The zero-order chi connectivity index (χ0) is 12.5. The highest BCUT2D eigenvalue weighted by molar-refractivity contribution is 5.34. The van der Waals surface area contributed by atoms with Crippen LogP contribution in [0.1, 0.15) is 38.2 Å². The fourth-order valence-electron chi connectivity index (χ4n) is 2.55. The minimum Gasteiger partial charge on any atom is -0.207 e. The van der Waals surface area contributed by atoms with Crippen LogP contribution in [0, 0.1) is 28.9 Å². The first-order chi connectivity index (χ1) is 8.05. The third-order valence-electron chi connectivity index (χ3n) is 3.76. The Bertz CT molecular complexity index is 434. The minimum atomic E-state index is -0.699. The molecule has 1 aromatic rings. The molecule has 0 unspecified atom stereocenters. The van der Waals surface area contributed by atoms with Gasteiger partial charge in [0.2, 0.25) is 0 Å². The predicted octanol–water partition coefficient (Wildman–Crippen LogP) is 3.94. The van der Waals surface area contributed by atoms with Gasteiger partial charge in [0.25, 0.3) is 0 Å². The normalized spacial score (nSPS) is 28.7. The highest BCUT2D eigenvalue weighted by Gasteiger charge is 2.36. The number of nitrogens with zero attached hydrogens (tertiary/aromatic N) is 1. The summed E-state index contributed by atoms with van der Waals surface area (Å²) in [4.78, 5) is 0. The monoisotopic (exact) mass is 235 g/mol. The summed E-state index contributed by atoms with van der Waals surface area (Å²) in [5.41, 5.74) is -0.209. The molecule has 0 spiro atoms. The van der Waals surface area contributed by atoms with Crippen molar-refractivity contribution in [3.05, 3.63) is 35.4 Å². The topological polar surface area (TPSA) is 23.8 Å². The van der Waals surface area contributed by atoms with E-state index >= 15 is 0 Å². The first-order valence-electron chi connectivity index (χ1n) is 5.93. The van der Waals surface area contributed by atoms with Gasteiger partial charge in [-0.3, -0.25) is 0 Å². The van der Waals surface area contributed by atoms with Crippen LogP contribution in [0.25, 0.3) is 0 Å². The van der Waals surface area contributed by atoms with Crippen molar-refractivity contribution in [2.45, 2.75) is 38.0 Å². The Hall–Kier alpha value is -1.43. The Labute approximate surface area is 100 Å². The molecule has 1 aliphatic rings. The lowest BCUT2D eigenvalue weighted by atomic mass is 9.68. The first kappa shape index (κ1) is 12.0. The largest absolute Gasteiger partial charge is 0.207 e. The van der Waals surface area contributed by atoms with Crippen molar-refractivity contribution in [1.29, 1.82) is 5.26 Å². The van der Waals surface area contributed by atoms with Crippen LogP contribution < -0.4 is 0 Å². The molecule has 1 fully saturated rings. The third-order valence-corrected chi connectivity index (χ3v) is 3.76. The number of halogens is 2. The van der Waals surface area contributed by atoms with Gasteiger partial charge in [0.05, 0.1) is 11.5 Å². The van der Waals surface area contributed by atoms with E-state index in [2.05, 4.69) is 13.0 Å². The fourth-order valence-corrected chi connectivity index (χ4v) is 2.55. The van der Waals surface area contributed by atoms with Gasteiger partial charge < -0.3 is 0 Å². The molecule has 1 aliphatic carbocycles.